The van der Waals surface area contributed by atoms with Crippen molar-refractivity contribution in [3.8, 4) is 0 Å². The van der Waals surface area contributed by atoms with Crippen molar-refractivity contribution >= 4 is 17.7 Å². The average Bonchev–Trinajstić information content (AvgIpc) is 2.30. The molecule has 3 N–H and O–H groups in total. The molecular formula is C11H23N3OS. The molecule has 0 aromatic rings. The molecule has 5 heteroatoms. The lowest BCUT2D eigenvalue weighted by atomic mass is 9.93. The predicted octanol–water partition coefficient (Wildman–Crippen LogP) is 0.136. The molecule has 0 unspecified atom stereocenters. The summed E-state index contributed by atoms with van der Waals surface area (Å²) in [6, 6.07) is 0. The van der Waals surface area contributed by atoms with E-state index in [1.807, 2.05) is 25.6 Å². The van der Waals surface area contributed by atoms with Gasteiger partial charge >= 0.3 is 0 Å². The average molecular weight is 245 g/mol. The number of carbonyl (C=O) groups excluding carboxylic acids is 1. The van der Waals surface area contributed by atoms with E-state index >= 15 is 0 Å². The van der Waals surface area contributed by atoms with Gasteiger partial charge in [-0.05, 0) is 13.8 Å². The van der Waals surface area contributed by atoms with Gasteiger partial charge in [-0.2, -0.15) is 11.8 Å². The minimum absolute atomic E-state index is 0.0568. The largest absolute Gasteiger partial charge is 0.354 e. The van der Waals surface area contributed by atoms with E-state index in [4.69, 9.17) is 5.73 Å². The highest BCUT2D eigenvalue weighted by molar-refractivity contribution is 7.99. The third kappa shape index (κ3) is 4.31. The SMILES string of the molecule is CC(C)(CN)C(=O)NCCN1CCSCC1. The summed E-state index contributed by atoms with van der Waals surface area (Å²) in [5.41, 5.74) is 5.10. The Morgan fingerprint density at radius 2 is 2.06 bits per heavy atom. The van der Waals surface area contributed by atoms with Gasteiger partial charge in [0.2, 0.25) is 5.91 Å². The number of carbonyl (C=O) groups is 1. The van der Waals surface area contributed by atoms with Crippen LogP contribution >= 0.6 is 11.8 Å². The molecule has 1 aliphatic heterocycles. The molecule has 1 heterocycles. The summed E-state index contributed by atoms with van der Waals surface area (Å²) in [4.78, 5) is 14.1. The Hall–Kier alpha value is -0.260. The minimum atomic E-state index is -0.447. The fourth-order valence-electron chi connectivity index (χ4n) is 1.48. The van der Waals surface area contributed by atoms with Gasteiger partial charge in [0.25, 0.3) is 0 Å². The molecule has 0 radical (unpaired) electrons. The molecule has 0 aromatic carbocycles. The highest BCUT2D eigenvalue weighted by Gasteiger charge is 2.25. The number of nitrogens with zero attached hydrogens (tertiary/aromatic N) is 1. The quantitative estimate of drug-likeness (QED) is 0.723. The molecule has 94 valence electrons. The zero-order chi connectivity index (χ0) is 12.0. The van der Waals surface area contributed by atoms with Gasteiger partial charge in [-0.25, -0.2) is 0 Å². The first-order valence-corrected chi connectivity index (χ1v) is 7.00. The molecule has 0 atom stereocenters. The Morgan fingerprint density at radius 1 is 1.44 bits per heavy atom. The summed E-state index contributed by atoms with van der Waals surface area (Å²) in [5.74, 6) is 2.48. The second-order valence-corrected chi connectivity index (χ2v) is 6.02. The normalized spacial score (nSPS) is 18.4. The molecule has 0 bridgehead atoms. The Morgan fingerprint density at radius 3 is 2.62 bits per heavy atom. The molecule has 4 nitrogen and oxygen atoms in total. The first kappa shape index (κ1) is 13.8. The van der Waals surface area contributed by atoms with Crippen molar-refractivity contribution in [3.63, 3.8) is 0 Å². The second-order valence-electron chi connectivity index (χ2n) is 4.80. The summed E-state index contributed by atoms with van der Waals surface area (Å²) < 4.78 is 0. The molecule has 0 aromatic heterocycles. The zero-order valence-electron chi connectivity index (χ0n) is 10.3. The van der Waals surface area contributed by atoms with Crippen LogP contribution in [0.2, 0.25) is 0 Å². The van der Waals surface area contributed by atoms with Crippen molar-refractivity contribution in [2.75, 3.05) is 44.2 Å². The molecule has 0 saturated carbocycles. The van der Waals surface area contributed by atoms with Crippen LogP contribution in [0, 0.1) is 5.41 Å². The van der Waals surface area contributed by atoms with Gasteiger partial charge in [0.05, 0.1) is 5.41 Å². The van der Waals surface area contributed by atoms with Crippen LogP contribution in [-0.4, -0.2) is 55.0 Å². The number of nitrogens with two attached hydrogens (primary N) is 1. The maximum atomic E-state index is 11.7. The molecule has 0 spiro atoms. The monoisotopic (exact) mass is 245 g/mol. The minimum Gasteiger partial charge on any atom is -0.354 e. The molecule has 1 amide bonds. The van der Waals surface area contributed by atoms with E-state index in [1.165, 1.54) is 11.5 Å². The van der Waals surface area contributed by atoms with Crippen LogP contribution < -0.4 is 11.1 Å². The van der Waals surface area contributed by atoms with E-state index in [2.05, 4.69) is 10.2 Å². The lowest BCUT2D eigenvalue weighted by Crippen LogP contribution is -2.45. The fraction of sp³-hybridized carbons (Fsp3) is 0.909. The summed E-state index contributed by atoms with van der Waals surface area (Å²) in [6.07, 6.45) is 0. The molecule has 0 aliphatic carbocycles. The van der Waals surface area contributed by atoms with Gasteiger partial charge in [0, 0.05) is 44.2 Å². The highest BCUT2D eigenvalue weighted by Crippen LogP contribution is 2.12. The maximum Gasteiger partial charge on any atom is 0.226 e. The van der Waals surface area contributed by atoms with Crippen molar-refractivity contribution in [2.24, 2.45) is 11.1 Å². The van der Waals surface area contributed by atoms with E-state index in [1.54, 1.807) is 0 Å². The smallest absolute Gasteiger partial charge is 0.226 e. The fourth-order valence-corrected chi connectivity index (χ4v) is 2.46. The van der Waals surface area contributed by atoms with Gasteiger partial charge in [-0.3, -0.25) is 9.69 Å². The number of amides is 1. The van der Waals surface area contributed by atoms with Crippen LogP contribution in [0.1, 0.15) is 13.8 Å². The van der Waals surface area contributed by atoms with Gasteiger partial charge in [-0.1, -0.05) is 0 Å². The third-order valence-electron chi connectivity index (χ3n) is 2.94. The van der Waals surface area contributed by atoms with Crippen molar-refractivity contribution in [3.05, 3.63) is 0 Å². The second kappa shape index (κ2) is 6.47. The number of nitrogens with one attached hydrogen (secondary N) is 1. The molecule has 1 saturated heterocycles. The maximum absolute atomic E-state index is 11.7. The van der Waals surface area contributed by atoms with Crippen LogP contribution in [0.25, 0.3) is 0 Å². The van der Waals surface area contributed by atoms with Crippen LogP contribution in [0.4, 0.5) is 0 Å². The summed E-state index contributed by atoms with van der Waals surface area (Å²) >= 11 is 2.00. The van der Waals surface area contributed by atoms with Gasteiger partial charge in [0.1, 0.15) is 0 Å². The highest BCUT2D eigenvalue weighted by atomic mass is 32.2. The standard InChI is InChI=1S/C11H23N3OS/c1-11(2,9-12)10(15)13-3-4-14-5-7-16-8-6-14/h3-9,12H2,1-2H3,(H,13,15). The Bertz CT molecular complexity index is 227. The number of hydrogen-bond donors (Lipinski definition) is 2. The number of hydrogen-bond acceptors (Lipinski definition) is 4. The van der Waals surface area contributed by atoms with E-state index in [-0.39, 0.29) is 5.91 Å². The van der Waals surface area contributed by atoms with E-state index in [0.29, 0.717) is 6.54 Å². The van der Waals surface area contributed by atoms with Gasteiger partial charge in [-0.15, -0.1) is 0 Å². The topological polar surface area (TPSA) is 58.4 Å². The van der Waals surface area contributed by atoms with Crippen LogP contribution in [-0.2, 0) is 4.79 Å². The van der Waals surface area contributed by atoms with Crippen molar-refractivity contribution in [2.45, 2.75) is 13.8 Å². The predicted molar refractivity (Wildman–Crippen MR) is 69.6 cm³/mol. The van der Waals surface area contributed by atoms with Crippen LogP contribution in [0.15, 0.2) is 0 Å². The van der Waals surface area contributed by atoms with E-state index in [0.717, 1.165) is 26.2 Å². The molecule has 1 aliphatic rings. The van der Waals surface area contributed by atoms with E-state index in [9.17, 15) is 4.79 Å². The van der Waals surface area contributed by atoms with Crippen LogP contribution in [0.5, 0.6) is 0 Å². The lowest BCUT2D eigenvalue weighted by molar-refractivity contribution is -0.128. The Balaban J connectivity index is 2.17. The lowest BCUT2D eigenvalue weighted by Gasteiger charge is -2.27. The zero-order valence-corrected chi connectivity index (χ0v) is 11.1. The summed E-state index contributed by atoms with van der Waals surface area (Å²) in [7, 11) is 0. The summed E-state index contributed by atoms with van der Waals surface area (Å²) in [5, 5.41) is 2.95. The Labute approximate surface area is 102 Å². The van der Waals surface area contributed by atoms with Crippen molar-refractivity contribution in [1.29, 1.82) is 0 Å². The van der Waals surface area contributed by atoms with E-state index < -0.39 is 5.41 Å². The first-order chi connectivity index (χ1) is 7.56. The first-order valence-electron chi connectivity index (χ1n) is 5.85. The number of rotatable bonds is 5. The molecular weight excluding hydrogens is 222 g/mol. The molecule has 16 heavy (non-hydrogen) atoms. The van der Waals surface area contributed by atoms with Crippen molar-refractivity contribution in [1.82, 2.24) is 10.2 Å². The summed E-state index contributed by atoms with van der Waals surface area (Å²) in [6.45, 7) is 8.10. The van der Waals surface area contributed by atoms with Gasteiger partial charge < -0.3 is 11.1 Å². The van der Waals surface area contributed by atoms with Crippen molar-refractivity contribution < 1.29 is 4.79 Å². The third-order valence-corrected chi connectivity index (χ3v) is 3.88. The van der Waals surface area contributed by atoms with Gasteiger partial charge in [0.15, 0.2) is 0 Å². The molecule has 1 rings (SSSR count). The molecule has 1 fully saturated rings. The number of thioether (sulfide) groups is 1. The Kier molecular flexibility index (Phi) is 5.58. The van der Waals surface area contributed by atoms with Crippen LogP contribution in [0.3, 0.4) is 0 Å².